The molecule has 3 aromatic rings. The maximum Gasteiger partial charge on any atom is 0.262 e. The minimum Gasteiger partial charge on any atom is -0.455 e. The van der Waals surface area contributed by atoms with Gasteiger partial charge in [0.1, 0.15) is 5.76 Å². The summed E-state index contributed by atoms with van der Waals surface area (Å²) in [6.07, 6.45) is 0. The molecule has 1 aromatic heterocycles. The normalized spacial score (nSPS) is 11.5. The van der Waals surface area contributed by atoms with Crippen molar-refractivity contribution in [1.82, 2.24) is 5.32 Å². The van der Waals surface area contributed by atoms with E-state index in [0.717, 1.165) is 0 Å². The van der Waals surface area contributed by atoms with Crippen molar-refractivity contribution in [1.29, 1.82) is 0 Å². The largest absolute Gasteiger partial charge is 0.455 e. The van der Waals surface area contributed by atoms with Crippen molar-refractivity contribution < 1.29 is 18.0 Å². The molecule has 0 bridgehead atoms. The topological polar surface area (TPSA) is 59.3 Å². The van der Waals surface area contributed by atoms with Crippen LogP contribution < -0.4 is 10.7 Å². The second kappa shape index (κ2) is 6.71. The van der Waals surface area contributed by atoms with Crippen LogP contribution in [-0.4, -0.2) is 18.4 Å². The van der Waals surface area contributed by atoms with Crippen LogP contribution in [0.1, 0.15) is 22.8 Å². The lowest BCUT2D eigenvalue weighted by Crippen LogP contribution is -2.34. The van der Waals surface area contributed by atoms with Crippen molar-refractivity contribution in [2.24, 2.45) is 0 Å². The first-order valence-electron chi connectivity index (χ1n) is 8.06. The molecule has 0 spiro atoms. The van der Waals surface area contributed by atoms with Crippen LogP contribution in [0.25, 0.3) is 22.3 Å². The smallest absolute Gasteiger partial charge is 0.262 e. The molecule has 1 amide bonds. The van der Waals surface area contributed by atoms with Crippen LogP contribution in [0.15, 0.2) is 57.7 Å². The highest BCUT2D eigenvalue weighted by Gasteiger charge is 2.24. The van der Waals surface area contributed by atoms with Crippen molar-refractivity contribution in [2.45, 2.75) is 19.8 Å². The summed E-state index contributed by atoms with van der Waals surface area (Å²) in [6.45, 7) is 1.56. The second-order valence-corrected chi connectivity index (χ2v) is 6.19. The number of hydrogen-bond acceptors (Lipinski definition) is 3. The Kier molecular flexibility index (Phi) is 4.59. The molecule has 0 unspecified atom stereocenters. The third kappa shape index (κ3) is 3.49. The lowest BCUT2D eigenvalue weighted by atomic mass is 10.0. The minimum absolute atomic E-state index is 0.0426. The van der Waals surface area contributed by atoms with E-state index >= 15 is 0 Å². The quantitative estimate of drug-likeness (QED) is 0.763. The van der Waals surface area contributed by atoms with E-state index in [1.54, 1.807) is 37.3 Å². The molecule has 0 aliphatic heterocycles. The van der Waals surface area contributed by atoms with Gasteiger partial charge in [-0.2, -0.15) is 0 Å². The van der Waals surface area contributed by atoms with Crippen LogP contribution in [0.4, 0.5) is 8.78 Å². The van der Waals surface area contributed by atoms with Crippen molar-refractivity contribution in [3.63, 3.8) is 0 Å². The minimum atomic E-state index is -3.03. The fourth-order valence-electron chi connectivity index (χ4n) is 2.68. The molecular formula is C20H17F2NO3. The van der Waals surface area contributed by atoms with E-state index in [2.05, 4.69) is 5.32 Å². The average Bonchev–Trinajstić information content (AvgIpc) is 2.62. The predicted octanol–water partition coefficient (Wildman–Crippen LogP) is 4.15. The monoisotopic (exact) mass is 357 g/mol. The molecule has 6 heteroatoms. The van der Waals surface area contributed by atoms with E-state index in [1.807, 2.05) is 6.07 Å². The van der Waals surface area contributed by atoms with Crippen LogP contribution in [-0.2, 0) is 0 Å². The molecule has 2 aromatic carbocycles. The molecule has 0 aliphatic carbocycles. The molecule has 3 rings (SSSR count). The number of carbonyl (C=O) groups excluding carboxylic acids is 1. The van der Waals surface area contributed by atoms with Crippen LogP contribution in [0, 0.1) is 6.92 Å². The highest BCUT2D eigenvalue weighted by Crippen LogP contribution is 2.27. The van der Waals surface area contributed by atoms with Gasteiger partial charge in [-0.15, -0.1) is 0 Å². The third-order valence-corrected chi connectivity index (χ3v) is 3.98. The maximum atomic E-state index is 13.0. The van der Waals surface area contributed by atoms with Crippen molar-refractivity contribution in [3.05, 3.63) is 69.9 Å². The number of benzene rings is 2. The summed E-state index contributed by atoms with van der Waals surface area (Å²) >= 11 is 0. The van der Waals surface area contributed by atoms with Crippen LogP contribution in [0.2, 0.25) is 0 Å². The summed E-state index contributed by atoms with van der Waals surface area (Å²) in [5.41, 5.74) is 0.973. The Morgan fingerprint density at radius 2 is 1.81 bits per heavy atom. The predicted molar refractivity (Wildman–Crippen MR) is 95.6 cm³/mol. The van der Waals surface area contributed by atoms with Gasteiger partial charge in [-0.25, -0.2) is 8.78 Å². The summed E-state index contributed by atoms with van der Waals surface area (Å²) < 4.78 is 31.9. The number of rotatable bonds is 4. The van der Waals surface area contributed by atoms with Gasteiger partial charge in [0, 0.05) is 18.1 Å². The van der Waals surface area contributed by atoms with Gasteiger partial charge < -0.3 is 9.73 Å². The van der Waals surface area contributed by atoms with Crippen molar-refractivity contribution >= 4 is 16.9 Å². The molecule has 26 heavy (non-hydrogen) atoms. The van der Waals surface area contributed by atoms with Gasteiger partial charge in [-0.1, -0.05) is 36.4 Å². The lowest BCUT2D eigenvalue weighted by molar-refractivity contribution is 0.0221. The number of amides is 1. The number of carbonyl (C=O) groups is 1. The Morgan fingerprint density at radius 1 is 1.12 bits per heavy atom. The number of fused-ring (bicyclic) bond motifs is 1. The third-order valence-electron chi connectivity index (χ3n) is 3.98. The van der Waals surface area contributed by atoms with E-state index in [0.29, 0.717) is 23.8 Å². The van der Waals surface area contributed by atoms with Gasteiger partial charge in [0.15, 0.2) is 11.0 Å². The molecule has 0 saturated heterocycles. The number of alkyl halides is 2. The second-order valence-electron chi connectivity index (χ2n) is 6.19. The van der Waals surface area contributed by atoms with Crippen LogP contribution >= 0.6 is 0 Å². The first-order chi connectivity index (χ1) is 12.3. The van der Waals surface area contributed by atoms with Gasteiger partial charge in [-0.05, 0) is 19.1 Å². The zero-order valence-corrected chi connectivity index (χ0v) is 14.3. The van der Waals surface area contributed by atoms with Crippen LogP contribution in [0.5, 0.6) is 0 Å². The molecule has 134 valence electrons. The van der Waals surface area contributed by atoms with E-state index in [4.69, 9.17) is 4.42 Å². The van der Waals surface area contributed by atoms with Crippen molar-refractivity contribution in [3.8, 4) is 11.3 Å². The lowest BCUT2D eigenvalue weighted by Gasteiger charge is -2.13. The summed E-state index contributed by atoms with van der Waals surface area (Å²) in [5, 5.41) is 2.41. The number of hydrogen-bond donors (Lipinski definition) is 1. The average molecular weight is 357 g/mol. The molecule has 1 N–H and O–H groups in total. The molecule has 0 saturated carbocycles. The zero-order chi connectivity index (χ0) is 18.9. The van der Waals surface area contributed by atoms with E-state index in [-0.39, 0.29) is 22.0 Å². The summed E-state index contributed by atoms with van der Waals surface area (Å²) in [7, 11) is 0. The Balaban J connectivity index is 2.16. The molecule has 1 heterocycles. The first-order valence-corrected chi connectivity index (χ1v) is 8.06. The molecule has 0 fully saturated rings. The van der Waals surface area contributed by atoms with E-state index < -0.39 is 18.4 Å². The Hall–Kier alpha value is -3.02. The first kappa shape index (κ1) is 17.8. The van der Waals surface area contributed by atoms with Gasteiger partial charge >= 0.3 is 0 Å². The number of halogens is 2. The highest BCUT2D eigenvalue weighted by molar-refractivity contribution is 6.05. The molecule has 0 radical (unpaired) electrons. The van der Waals surface area contributed by atoms with Crippen molar-refractivity contribution in [2.75, 3.05) is 6.54 Å². The van der Waals surface area contributed by atoms with E-state index in [9.17, 15) is 18.4 Å². The summed E-state index contributed by atoms with van der Waals surface area (Å²) in [4.78, 5) is 25.0. The van der Waals surface area contributed by atoms with Gasteiger partial charge in [-0.3, -0.25) is 9.59 Å². The van der Waals surface area contributed by atoms with Gasteiger partial charge in [0.25, 0.3) is 11.8 Å². The SMILES string of the molecule is Cc1c(-c2ccccc2)oc2c(C(=O)NCC(C)(F)F)cccc2c1=O. The van der Waals surface area contributed by atoms with Crippen LogP contribution in [0.3, 0.4) is 0 Å². The Morgan fingerprint density at radius 3 is 2.46 bits per heavy atom. The fraction of sp³-hybridized carbons (Fsp3) is 0.200. The number of para-hydroxylation sites is 1. The maximum absolute atomic E-state index is 13.0. The number of nitrogens with one attached hydrogen (secondary N) is 1. The highest BCUT2D eigenvalue weighted by atomic mass is 19.3. The molecule has 0 aliphatic rings. The summed E-state index contributed by atoms with van der Waals surface area (Å²) in [6, 6.07) is 13.5. The molecular weight excluding hydrogens is 340 g/mol. The fourth-order valence-corrected chi connectivity index (χ4v) is 2.68. The van der Waals surface area contributed by atoms with Gasteiger partial charge in [0.05, 0.1) is 17.5 Å². The molecule has 0 atom stereocenters. The Bertz CT molecular complexity index is 1020. The van der Waals surface area contributed by atoms with Gasteiger partial charge in [0.2, 0.25) is 0 Å². The zero-order valence-electron chi connectivity index (χ0n) is 14.3. The summed E-state index contributed by atoms with van der Waals surface area (Å²) in [5.74, 6) is -3.40. The molecule has 4 nitrogen and oxygen atoms in total. The Labute approximate surface area is 148 Å². The van der Waals surface area contributed by atoms with E-state index in [1.165, 1.54) is 12.1 Å². The standard InChI is InChI=1S/C20H17F2NO3/c1-12-16(24)14-9-6-10-15(19(25)23-11-20(2,21)22)18(14)26-17(12)13-7-4-3-5-8-13/h3-10H,11H2,1-2H3,(H,23,25).